The molecule has 28 heavy (non-hydrogen) atoms. The van der Waals surface area contributed by atoms with Gasteiger partial charge in [-0.1, -0.05) is 0 Å². The van der Waals surface area contributed by atoms with Crippen LogP contribution in [0.5, 0.6) is 0 Å². The molecule has 1 N–H and O–H groups in total. The van der Waals surface area contributed by atoms with Crippen LogP contribution in [-0.2, 0) is 4.74 Å². The number of hydrogen-bond acceptors (Lipinski definition) is 6. The second kappa shape index (κ2) is 8.87. The summed E-state index contributed by atoms with van der Waals surface area (Å²) in [4.78, 5) is 27.5. The van der Waals surface area contributed by atoms with Crippen molar-refractivity contribution in [3.05, 3.63) is 33.9 Å². The molecule has 8 nitrogen and oxygen atoms in total. The number of piperidine rings is 1. The summed E-state index contributed by atoms with van der Waals surface area (Å²) in [5.74, 6) is 0.326. The van der Waals surface area contributed by atoms with Gasteiger partial charge in [-0.3, -0.25) is 19.8 Å². The third-order valence-electron chi connectivity index (χ3n) is 5.63. The zero-order valence-electron chi connectivity index (χ0n) is 16.9. The molecule has 8 heteroatoms. The van der Waals surface area contributed by atoms with Crippen LogP contribution in [0.3, 0.4) is 0 Å². The summed E-state index contributed by atoms with van der Waals surface area (Å²) in [6, 6.07) is 4.55. The zero-order valence-corrected chi connectivity index (χ0v) is 16.9. The summed E-state index contributed by atoms with van der Waals surface area (Å²) < 4.78 is 5.82. The summed E-state index contributed by atoms with van der Waals surface area (Å²) in [6.07, 6.45) is 2.65. The van der Waals surface area contributed by atoms with Crippen molar-refractivity contribution in [2.75, 3.05) is 44.7 Å². The van der Waals surface area contributed by atoms with Gasteiger partial charge in [-0.15, -0.1) is 0 Å². The van der Waals surface area contributed by atoms with E-state index in [0.717, 1.165) is 51.3 Å². The molecule has 0 saturated carbocycles. The van der Waals surface area contributed by atoms with Crippen molar-refractivity contribution in [2.24, 2.45) is 5.92 Å². The Kier molecular flexibility index (Phi) is 6.51. The second-order valence-electron chi connectivity index (χ2n) is 7.94. The largest absolute Gasteiger partial charge is 0.373 e. The van der Waals surface area contributed by atoms with E-state index in [9.17, 15) is 14.9 Å². The van der Waals surface area contributed by atoms with E-state index in [1.807, 2.05) is 0 Å². The summed E-state index contributed by atoms with van der Waals surface area (Å²) >= 11 is 0. The number of nitrogens with zero attached hydrogens (tertiary/aromatic N) is 3. The maximum Gasteiger partial charge on any atom is 0.270 e. The van der Waals surface area contributed by atoms with Gasteiger partial charge in [-0.25, -0.2) is 0 Å². The lowest BCUT2D eigenvalue weighted by molar-refractivity contribution is -0.384. The van der Waals surface area contributed by atoms with Crippen molar-refractivity contribution in [1.82, 2.24) is 10.2 Å². The summed E-state index contributed by atoms with van der Waals surface area (Å²) in [5, 5.41) is 13.7. The molecule has 154 valence electrons. The van der Waals surface area contributed by atoms with Crippen molar-refractivity contribution < 1.29 is 14.5 Å². The van der Waals surface area contributed by atoms with Gasteiger partial charge in [0.1, 0.15) is 0 Å². The van der Waals surface area contributed by atoms with Gasteiger partial charge in [0, 0.05) is 51.9 Å². The molecule has 2 saturated heterocycles. The molecule has 1 aromatic carbocycles. The Bertz CT molecular complexity index is 708. The number of ether oxygens (including phenoxy) is 1. The highest BCUT2D eigenvalue weighted by atomic mass is 16.6. The van der Waals surface area contributed by atoms with E-state index in [1.165, 1.54) is 12.1 Å². The number of nitro benzene ring substituents is 1. The fourth-order valence-electron chi connectivity index (χ4n) is 4.38. The molecular formula is C20H30N4O4. The molecule has 0 bridgehead atoms. The number of amides is 1. The second-order valence-corrected chi connectivity index (χ2v) is 7.94. The SMILES string of the molecule is CNC(=O)c1cc([N+](=O)[O-])ccc1N1CCC(CN2CC(C)OC(C)C2)CC1. The third kappa shape index (κ3) is 4.80. The molecule has 0 aromatic heterocycles. The average molecular weight is 390 g/mol. The van der Waals surface area contributed by atoms with Crippen LogP contribution in [0.4, 0.5) is 11.4 Å². The molecule has 1 aromatic rings. The first-order valence-corrected chi connectivity index (χ1v) is 10.0. The van der Waals surface area contributed by atoms with E-state index in [-0.39, 0.29) is 23.8 Å². The van der Waals surface area contributed by atoms with E-state index in [0.29, 0.717) is 11.5 Å². The van der Waals surface area contributed by atoms with E-state index >= 15 is 0 Å². The Labute approximate surface area is 166 Å². The summed E-state index contributed by atoms with van der Waals surface area (Å²) in [7, 11) is 1.54. The van der Waals surface area contributed by atoms with Crippen LogP contribution in [-0.4, -0.2) is 67.7 Å². The molecule has 2 aliphatic rings. The molecule has 0 aliphatic carbocycles. The van der Waals surface area contributed by atoms with E-state index < -0.39 is 4.92 Å². The van der Waals surface area contributed by atoms with Gasteiger partial charge in [0.25, 0.3) is 11.6 Å². The quantitative estimate of drug-likeness (QED) is 0.613. The first kappa shape index (κ1) is 20.5. The number of rotatable bonds is 5. The Hall–Kier alpha value is -2.19. The predicted octanol–water partition coefficient (Wildman–Crippen LogP) is 2.28. The normalized spacial score (nSPS) is 24.2. The van der Waals surface area contributed by atoms with Crippen LogP contribution in [0.25, 0.3) is 0 Å². The highest BCUT2D eigenvalue weighted by Crippen LogP contribution is 2.30. The fraction of sp³-hybridized carbons (Fsp3) is 0.650. The molecule has 0 spiro atoms. The van der Waals surface area contributed by atoms with Gasteiger partial charge < -0.3 is 15.0 Å². The Morgan fingerprint density at radius 3 is 2.46 bits per heavy atom. The molecule has 2 heterocycles. The topological polar surface area (TPSA) is 87.9 Å². The Balaban J connectivity index is 1.64. The van der Waals surface area contributed by atoms with Crippen LogP contribution in [0, 0.1) is 16.0 Å². The van der Waals surface area contributed by atoms with Crippen LogP contribution < -0.4 is 10.2 Å². The van der Waals surface area contributed by atoms with Gasteiger partial charge in [0.05, 0.1) is 28.4 Å². The molecule has 2 fully saturated rings. The van der Waals surface area contributed by atoms with E-state index in [1.54, 1.807) is 13.1 Å². The number of anilines is 1. The minimum Gasteiger partial charge on any atom is -0.373 e. The van der Waals surface area contributed by atoms with Gasteiger partial charge >= 0.3 is 0 Å². The lowest BCUT2D eigenvalue weighted by atomic mass is 9.94. The average Bonchev–Trinajstić information content (AvgIpc) is 2.66. The van der Waals surface area contributed by atoms with Gasteiger partial charge in [0.2, 0.25) is 0 Å². The van der Waals surface area contributed by atoms with Crippen molar-refractivity contribution >= 4 is 17.3 Å². The van der Waals surface area contributed by atoms with Crippen LogP contribution in [0.2, 0.25) is 0 Å². The molecule has 0 radical (unpaired) electrons. The highest BCUT2D eigenvalue weighted by Gasteiger charge is 2.28. The Morgan fingerprint density at radius 2 is 1.89 bits per heavy atom. The molecule has 3 rings (SSSR count). The lowest BCUT2D eigenvalue weighted by Crippen LogP contribution is -2.48. The number of benzene rings is 1. The number of hydrogen-bond donors (Lipinski definition) is 1. The zero-order chi connectivity index (χ0) is 20.3. The van der Waals surface area contributed by atoms with E-state index in [2.05, 4.69) is 29.0 Å². The van der Waals surface area contributed by atoms with Crippen molar-refractivity contribution in [1.29, 1.82) is 0 Å². The number of carbonyl (C=O) groups excluding carboxylic acids is 1. The lowest BCUT2D eigenvalue weighted by Gasteiger charge is -2.40. The molecule has 2 atom stereocenters. The summed E-state index contributed by atoms with van der Waals surface area (Å²) in [6.45, 7) is 8.99. The molecule has 2 aliphatic heterocycles. The summed E-state index contributed by atoms with van der Waals surface area (Å²) in [5.41, 5.74) is 1.08. The van der Waals surface area contributed by atoms with Crippen LogP contribution in [0.15, 0.2) is 18.2 Å². The fourth-order valence-corrected chi connectivity index (χ4v) is 4.38. The van der Waals surface area contributed by atoms with Gasteiger partial charge in [-0.05, 0) is 38.7 Å². The number of carbonyl (C=O) groups is 1. The smallest absolute Gasteiger partial charge is 0.270 e. The van der Waals surface area contributed by atoms with Crippen molar-refractivity contribution in [3.8, 4) is 0 Å². The van der Waals surface area contributed by atoms with Gasteiger partial charge in [-0.2, -0.15) is 0 Å². The first-order chi connectivity index (χ1) is 13.4. The highest BCUT2D eigenvalue weighted by molar-refractivity contribution is 6.00. The molecule has 2 unspecified atom stereocenters. The number of non-ortho nitro benzene ring substituents is 1. The standard InChI is InChI=1S/C20H30N4O4/c1-14-11-22(12-15(2)28-14)13-16-6-8-23(9-7-16)19-5-4-17(24(26)27)10-18(19)20(25)21-3/h4-5,10,14-16H,6-9,11-13H2,1-3H3,(H,21,25). The number of nitrogens with one attached hydrogen (secondary N) is 1. The predicted molar refractivity (Wildman–Crippen MR) is 108 cm³/mol. The minimum absolute atomic E-state index is 0.0622. The van der Waals surface area contributed by atoms with Crippen LogP contribution >= 0.6 is 0 Å². The number of morpholine rings is 1. The maximum absolute atomic E-state index is 12.3. The van der Waals surface area contributed by atoms with Crippen molar-refractivity contribution in [2.45, 2.75) is 38.9 Å². The maximum atomic E-state index is 12.3. The van der Waals surface area contributed by atoms with E-state index in [4.69, 9.17) is 4.74 Å². The van der Waals surface area contributed by atoms with Crippen LogP contribution in [0.1, 0.15) is 37.0 Å². The number of nitro groups is 1. The monoisotopic (exact) mass is 390 g/mol. The van der Waals surface area contributed by atoms with Gasteiger partial charge in [0.15, 0.2) is 0 Å². The first-order valence-electron chi connectivity index (χ1n) is 10.0. The molecule has 1 amide bonds. The molecular weight excluding hydrogens is 360 g/mol. The minimum atomic E-state index is -0.465. The third-order valence-corrected chi connectivity index (χ3v) is 5.63. The van der Waals surface area contributed by atoms with Crippen molar-refractivity contribution in [3.63, 3.8) is 0 Å². The Morgan fingerprint density at radius 1 is 1.25 bits per heavy atom.